The number of hydrogen-bond acceptors (Lipinski definition) is 5. The zero-order valence-corrected chi connectivity index (χ0v) is 10.0. The minimum Gasteiger partial charge on any atom is -0.385 e. The van der Waals surface area contributed by atoms with E-state index in [4.69, 9.17) is 10.5 Å². The van der Waals surface area contributed by atoms with E-state index in [0.29, 0.717) is 0 Å². The summed E-state index contributed by atoms with van der Waals surface area (Å²) in [6.07, 6.45) is 3.63. The molecule has 0 aliphatic carbocycles. The maximum atomic E-state index is 6.06. The molecule has 0 saturated carbocycles. The van der Waals surface area contributed by atoms with Crippen LogP contribution in [-0.4, -0.2) is 23.7 Å². The topological polar surface area (TPSA) is 61.0 Å². The van der Waals surface area contributed by atoms with Crippen molar-refractivity contribution in [1.82, 2.24) is 9.97 Å². The molecule has 0 bridgehead atoms. The minimum absolute atomic E-state index is 0.00523. The summed E-state index contributed by atoms with van der Waals surface area (Å²) in [4.78, 5) is 9.70. The molecule has 0 fully saturated rings. The van der Waals surface area contributed by atoms with Crippen molar-refractivity contribution in [2.75, 3.05) is 13.7 Å². The Morgan fingerprint density at radius 3 is 3.19 bits per heavy atom. The number of aromatic nitrogens is 2. The summed E-state index contributed by atoms with van der Waals surface area (Å²) in [5.74, 6) is 0. The molecule has 0 saturated heterocycles. The molecule has 16 heavy (non-hydrogen) atoms. The number of thiazole rings is 1. The van der Waals surface area contributed by atoms with Crippen LogP contribution in [0.25, 0.3) is 10.3 Å². The average Bonchev–Trinajstić information content (AvgIpc) is 2.73. The van der Waals surface area contributed by atoms with Crippen LogP contribution in [0.5, 0.6) is 0 Å². The molecule has 2 N–H and O–H groups in total. The molecule has 0 amide bonds. The van der Waals surface area contributed by atoms with Crippen LogP contribution >= 0.6 is 11.3 Å². The highest BCUT2D eigenvalue weighted by Crippen LogP contribution is 2.25. The lowest BCUT2D eigenvalue weighted by molar-refractivity contribution is 0.190. The average molecular weight is 237 g/mol. The highest BCUT2D eigenvalue weighted by Gasteiger charge is 2.11. The third-order valence-corrected chi connectivity index (χ3v) is 3.47. The van der Waals surface area contributed by atoms with Gasteiger partial charge in [0.1, 0.15) is 15.4 Å². The Hall–Kier alpha value is -1.04. The van der Waals surface area contributed by atoms with E-state index in [1.807, 2.05) is 12.1 Å². The second kappa shape index (κ2) is 5.34. The Morgan fingerprint density at radius 2 is 2.44 bits per heavy atom. The summed E-state index contributed by atoms with van der Waals surface area (Å²) in [5.41, 5.74) is 7.00. The van der Waals surface area contributed by atoms with E-state index >= 15 is 0 Å². The van der Waals surface area contributed by atoms with Crippen LogP contribution in [-0.2, 0) is 4.74 Å². The Morgan fingerprint density at radius 1 is 1.56 bits per heavy atom. The van der Waals surface area contributed by atoms with E-state index in [2.05, 4.69) is 9.97 Å². The van der Waals surface area contributed by atoms with E-state index in [0.717, 1.165) is 34.8 Å². The Balaban J connectivity index is 2.07. The molecule has 1 atom stereocenters. The van der Waals surface area contributed by atoms with E-state index in [1.165, 1.54) is 0 Å². The number of methoxy groups -OCH3 is 1. The molecule has 0 radical (unpaired) electrons. The van der Waals surface area contributed by atoms with Gasteiger partial charge < -0.3 is 10.5 Å². The van der Waals surface area contributed by atoms with Crippen LogP contribution in [0, 0.1) is 0 Å². The lowest BCUT2D eigenvalue weighted by Gasteiger charge is -2.06. The summed E-state index contributed by atoms with van der Waals surface area (Å²) < 4.78 is 5.00. The monoisotopic (exact) mass is 237 g/mol. The molecule has 2 heterocycles. The largest absolute Gasteiger partial charge is 0.385 e. The molecule has 4 nitrogen and oxygen atoms in total. The predicted molar refractivity (Wildman–Crippen MR) is 65.5 cm³/mol. The fraction of sp³-hybridized carbons (Fsp3) is 0.455. The van der Waals surface area contributed by atoms with Gasteiger partial charge in [-0.15, -0.1) is 0 Å². The smallest absolute Gasteiger partial charge is 0.143 e. The van der Waals surface area contributed by atoms with Gasteiger partial charge in [0.2, 0.25) is 0 Å². The number of nitrogens with two attached hydrogens (primary N) is 1. The molecule has 0 aliphatic heterocycles. The molecule has 0 aliphatic rings. The van der Waals surface area contributed by atoms with Crippen molar-refractivity contribution in [3.8, 4) is 0 Å². The molecule has 86 valence electrons. The van der Waals surface area contributed by atoms with Gasteiger partial charge in [-0.25, -0.2) is 9.97 Å². The van der Waals surface area contributed by atoms with E-state index in [-0.39, 0.29) is 6.04 Å². The van der Waals surface area contributed by atoms with Crippen LogP contribution in [0.4, 0.5) is 0 Å². The van der Waals surface area contributed by atoms with Crippen molar-refractivity contribution in [3.05, 3.63) is 23.3 Å². The SMILES string of the molecule is COCCCC(N)c1nc2cccnc2s1. The summed E-state index contributed by atoms with van der Waals surface area (Å²) in [5, 5.41) is 0.963. The van der Waals surface area contributed by atoms with Crippen molar-refractivity contribution in [1.29, 1.82) is 0 Å². The first-order chi connectivity index (χ1) is 7.81. The zero-order chi connectivity index (χ0) is 11.4. The van der Waals surface area contributed by atoms with Crippen molar-refractivity contribution in [2.24, 2.45) is 5.73 Å². The van der Waals surface area contributed by atoms with E-state index in [9.17, 15) is 0 Å². The van der Waals surface area contributed by atoms with Gasteiger partial charge in [-0.2, -0.15) is 0 Å². The van der Waals surface area contributed by atoms with Crippen LogP contribution < -0.4 is 5.73 Å². The molecule has 0 spiro atoms. The van der Waals surface area contributed by atoms with Gasteiger partial charge in [0.05, 0.1) is 6.04 Å². The lowest BCUT2D eigenvalue weighted by Crippen LogP contribution is -2.10. The number of hydrogen-bond donors (Lipinski definition) is 1. The van der Waals surface area contributed by atoms with Crippen molar-refractivity contribution < 1.29 is 4.74 Å². The van der Waals surface area contributed by atoms with Crippen LogP contribution in [0.2, 0.25) is 0 Å². The maximum absolute atomic E-state index is 6.06. The predicted octanol–water partition coefficient (Wildman–Crippen LogP) is 2.12. The first kappa shape index (κ1) is 11.4. The second-order valence-corrected chi connectivity index (χ2v) is 4.63. The molecule has 2 aromatic rings. The van der Waals surface area contributed by atoms with Gasteiger partial charge in [0.15, 0.2) is 0 Å². The molecule has 2 aromatic heterocycles. The molecule has 5 heteroatoms. The van der Waals surface area contributed by atoms with Gasteiger partial charge in [0, 0.05) is 19.9 Å². The quantitative estimate of drug-likeness (QED) is 0.809. The number of pyridine rings is 1. The van der Waals surface area contributed by atoms with Crippen LogP contribution in [0.1, 0.15) is 23.9 Å². The Labute approximate surface area is 98.5 Å². The van der Waals surface area contributed by atoms with E-state index < -0.39 is 0 Å². The van der Waals surface area contributed by atoms with Crippen molar-refractivity contribution in [3.63, 3.8) is 0 Å². The third kappa shape index (κ3) is 2.55. The van der Waals surface area contributed by atoms with Crippen molar-refractivity contribution in [2.45, 2.75) is 18.9 Å². The molecule has 0 aromatic carbocycles. The Kier molecular flexibility index (Phi) is 3.82. The van der Waals surface area contributed by atoms with Crippen LogP contribution in [0.3, 0.4) is 0 Å². The summed E-state index contributed by atoms with van der Waals surface area (Å²) >= 11 is 1.58. The van der Waals surface area contributed by atoms with Crippen LogP contribution in [0.15, 0.2) is 18.3 Å². The van der Waals surface area contributed by atoms with Gasteiger partial charge in [-0.3, -0.25) is 0 Å². The second-order valence-electron chi connectivity index (χ2n) is 3.62. The standard InChI is InChI=1S/C11H15N3OS/c1-15-7-3-4-8(12)10-14-9-5-2-6-13-11(9)16-10/h2,5-6,8H,3-4,7,12H2,1H3. The Bertz CT molecular complexity index is 424. The van der Waals surface area contributed by atoms with Gasteiger partial charge in [-0.05, 0) is 25.0 Å². The third-order valence-electron chi connectivity index (χ3n) is 2.36. The van der Waals surface area contributed by atoms with Crippen molar-refractivity contribution >= 4 is 21.7 Å². The maximum Gasteiger partial charge on any atom is 0.143 e. The van der Waals surface area contributed by atoms with E-state index in [1.54, 1.807) is 24.6 Å². The molecular formula is C11H15N3OS. The van der Waals surface area contributed by atoms with Gasteiger partial charge in [0.25, 0.3) is 0 Å². The first-order valence-corrected chi connectivity index (χ1v) is 6.09. The highest BCUT2D eigenvalue weighted by molar-refractivity contribution is 7.18. The minimum atomic E-state index is -0.00523. The normalized spacial score (nSPS) is 13.1. The van der Waals surface area contributed by atoms with Gasteiger partial charge >= 0.3 is 0 Å². The first-order valence-electron chi connectivity index (χ1n) is 5.27. The van der Waals surface area contributed by atoms with Gasteiger partial charge in [-0.1, -0.05) is 11.3 Å². The fourth-order valence-electron chi connectivity index (χ4n) is 1.52. The number of ether oxygens (including phenoxy) is 1. The number of rotatable bonds is 5. The lowest BCUT2D eigenvalue weighted by atomic mass is 10.2. The molecule has 1 unspecified atom stereocenters. The highest BCUT2D eigenvalue weighted by atomic mass is 32.1. The number of nitrogens with zero attached hydrogens (tertiary/aromatic N) is 2. The molecule has 2 rings (SSSR count). The summed E-state index contributed by atoms with van der Waals surface area (Å²) in [7, 11) is 1.70. The zero-order valence-electron chi connectivity index (χ0n) is 9.22. The number of fused-ring (bicyclic) bond motifs is 1. The molecular weight excluding hydrogens is 222 g/mol. The summed E-state index contributed by atoms with van der Waals surface area (Å²) in [6.45, 7) is 0.747. The fourth-order valence-corrected chi connectivity index (χ4v) is 2.46. The summed E-state index contributed by atoms with van der Waals surface area (Å²) in [6, 6.07) is 3.85.